The second kappa shape index (κ2) is 8.30. The highest BCUT2D eigenvalue weighted by Gasteiger charge is 2.48. The van der Waals surface area contributed by atoms with E-state index < -0.39 is 5.60 Å². The summed E-state index contributed by atoms with van der Waals surface area (Å²) in [7, 11) is 0. The van der Waals surface area contributed by atoms with Gasteiger partial charge in [0.2, 0.25) is 11.8 Å². The monoisotopic (exact) mass is 431 g/mol. The molecule has 2 N–H and O–H groups in total. The number of alkyl halides is 1. The molecule has 5 atom stereocenters. The van der Waals surface area contributed by atoms with Gasteiger partial charge in [0.1, 0.15) is 5.60 Å². The van der Waals surface area contributed by atoms with Gasteiger partial charge in [-0.05, 0) is 51.9 Å². The van der Waals surface area contributed by atoms with Crippen LogP contribution >= 0.6 is 23.4 Å². The smallest absolute Gasteiger partial charge is 0.410 e. The molecule has 0 aromatic carbocycles. The fourth-order valence-electron chi connectivity index (χ4n) is 4.50. The molecule has 0 radical (unpaired) electrons. The third-order valence-corrected chi connectivity index (χ3v) is 7.55. The Morgan fingerprint density at radius 2 is 2.04 bits per heavy atom. The van der Waals surface area contributed by atoms with Crippen molar-refractivity contribution < 1.29 is 19.1 Å². The van der Waals surface area contributed by atoms with Gasteiger partial charge in [-0.2, -0.15) is 0 Å². The average Bonchev–Trinajstić information content (AvgIpc) is 3.25. The summed E-state index contributed by atoms with van der Waals surface area (Å²) < 4.78 is 5.47. The molecule has 3 saturated heterocycles. The maximum atomic E-state index is 12.8. The molecule has 28 heavy (non-hydrogen) atoms. The molecule has 9 heteroatoms. The molecule has 0 bridgehead atoms. The number of likely N-dealkylation sites (tertiary alicyclic amines) is 2. The molecule has 0 spiro atoms. The van der Waals surface area contributed by atoms with Crippen LogP contribution in [0.25, 0.3) is 0 Å². The average molecular weight is 432 g/mol. The van der Waals surface area contributed by atoms with Crippen molar-refractivity contribution in [1.82, 2.24) is 9.80 Å². The van der Waals surface area contributed by atoms with Crippen molar-refractivity contribution in [3.8, 4) is 0 Å². The lowest BCUT2D eigenvalue weighted by atomic mass is 9.85. The van der Waals surface area contributed by atoms with E-state index in [4.69, 9.17) is 22.1 Å². The number of hydrogen-bond donors (Lipinski definition) is 1. The maximum Gasteiger partial charge on any atom is 0.410 e. The van der Waals surface area contributed by atoms with Crippen LogP contribution in [0.1, 0.15) is 46.5 Å². The van der Waals surface area contributed by atoms with Crippen molar-refractivity contribution in [3.63, 3.8) is 0 Å². The van der Waals surface area contributed by atoms with E-state index in [1.807, 2.05) is 25.7 Å². The highest BCUT2D eigenvalue weighted by molar-refractivity contribution is 8.02. The minimum absolute atomic E-state index is 0.0363. The highest BCUT2D eigenvalue weighted by atomic mass is 35.5. The summed E-state index contributed by atoms with van der Waals surface area (Å²) in [6.45, 7) is 7.26. The van der Waals surface area contributed by atoms with Crippen LogP contribution in [0.3, 0.4) is 0 Å². The fourth-order valence-corrected chi connectivity index (χ4v) is 6.36. The predicted molar refractivity (Wildman–Crippen MR) is 109 cm³/mol. The number of primary amides is 1. The van der Waals surface area contributed by atoms with Gasteiger partial charge >= 0.3 is 6.09 Å². The van der Waals surface area contributed by atoms with E-state index in [1.165, 1.54) is 11.8 Å². The Labute approximate surface area is 175 Å². The van der Waals surface area contributed by atoms with E-state index in [0.29, 0.717) is 25.9 Å². The quantitative estimate of drug-likeness (QED) is 0.690. The molecular weight excluding hydrogens is 402 g/mol. The van der Waals surface area contributed by atoms with Gasteiger partial charge in [-0.25, -0.2) is 4.79 Å². The van der Waals surface area contributed by atoms with Crippen molar-refractivity contribution in [3.05, 3.63) is 0 Å². The van der Waals surface area contributed by atoms with Crippen LogP contribution in [-0.4, -0.2) is 68.9 Å². The molecule has 0 aromatic heterocycles. The molecule has 3 rings (SSSR count). The second-order valence-corrected chi connectivity index (χ2v) is 11.1. The zero-order valence-corrected chi connectivity index (χ0v) is 18.3. The Bertz CT molecular complexity index is 641. The zero-order chi connectivity index (χ0) is 20.6. The molecule has 7 nitrogen and oxygen atoms in total. The van der Waals surface area contributed by atoms with E-state index in [9.17, 15) is 14.4 Å². The Balaban J connectivity index is 1.76. The number of rotatable bonds is 4. The van der Waals surface area contributed by atoms with Crippen LogP contribution in [0.15, 0.2) is 0 Å². The molecule has 3 aliphatic rings. The first-order valence-electron chi connectivity index (χ1n) is 9.91. The summed E-state index contributed by atoms with van der Waals surface area (Å²) in [5, 5.41) is -0.333. The summed E-state index contributed by atoms with van der Waals surface area (Å²) in [5.41, 5.74) is 5.01. The number of carbonyl (C=O) groups is 3. The second-order valence-electron chi connectivity index (χ2n) is 8.99. The third kappa shape index (κ3) is 4.87. The lowest BCUT2D eigenvalue weighted by Gasteiger charge is -2.30. The Hall–Kier alpha value is -1.15. The summed E-state index contributed by atoms with van der Waals surface area (Å²) in [6.07, 6.45) is 2.48. The topological polar surface area (TPSA) is 92.9 Å². The zero-order valence-electron chi connectivity index (χ0n) is 16.7. The standard InChI is InChI=1S/C19H30ClN3O4S/c1-19(2,3)27-18(26)23-9-11(13-8-14(20)28-16(13)17(21)25)7-12(23)10-22-6-4-5-15(22)24/h11-14,16H,4-10H2,1-3H3,(H2,21,25)/t11-,12+,13?,14?,16?/m1/s1. The van der Waals surface area contributed by atoms with Crippen molar-refractivity contribution in [2.24, 2.45) is 17.6 Å². The van der Waals surface area contributed by atoms with Crippen LogP contribution in [-0.2, 0) is 14.3 Å². The minimum Gasteiger partial charge on any atom is -0.444 e. The molecule has 3 heterocycles. The molecular formula is C19H30ClN3O4S. The van der Waals surface area contributed by atoms with Gasteiger partial charge in [-0.3, -0.25) is 9.59 Å². The van der Waals surface area contributed by atoms with E-state index >= 15 is 0 Å². The van der Waals surface area contributed by atoms with Crippen molar-refractivity contribution >= 4 is 41.3 Å². The normalized spacial score (nSPS) is 33.6. The van der Waals surface area contributed by atoms with Crippen LogP contribution < -0.4 is 5.73 Å². The van der Waals surface area contributed by atoms with E-state index in [-0.39, 0.29) is 45.7 Å². The summed E-state index contributed by atoms with van der Waals surface area (Å²) in [6, 6.07) is -0.116. The van der Waals surface area contributed by atoms with E-state index in [1.54, 1.807) is 4.90 Å². The molecule has 3 fully saturated rings. The Morgan fingerprint density at radius 1 is 1.32 bits per heavy atom. The first-order valence-corrected chi connectivity index (χ1v) is 11.3. The maximum absolute atomic E-state index is 12.8. The van der Waals surface area contributed by atoms with Crippen LogP contribution in [0.5, 0.6) is 0 Å². The number of hydrogen-bond acceptors (Lipinski definition) is 5. The molecule has 0 aromatic rings. The molecule has 158 valence electrons. The molecule has 3 aliphatic heterocycles. The largest absolute Gasteiger partial charge is 0.444 e. The van der Waals surface area contributed by atoms with Crippen molar-refractivity contribution in [2.75, 3.05) is 19.6 Å². The number of thioether (sulfide) groups is 1. The summed E-state index contributed by atoms with van der Waals surface area (Å²) >= 11 is 7.71. The van der Waals surface area contributed by atoms with Gasteiger partial charge < -0.3 is 20.3 Å². The lowest BCUT2D eigenvalue weighted by molar-refractivity contribution is -0.128. The van der Waals surface area contributed by atoms with Crippen molar-refractivity contribution in [2.45, 2.75) is 68.1 Å². The number of ether oxygens (including phenoxy) is 1. The van der Waals surface area contributed by atoms with Gasteiger partial charge in [-0.15, -0.1) is 23.4 Å². The Kier molecular flexibility index (Phi) is 6.39. The minimum atomic E-state index is -0.594. The first kappa shape index (κ1) is 21.6. The van der Waals surface area contributed by atoms with Crippen LogP contribution in [0.4, 0.5) is 4.79 Å². The highest BCUT2D eigenvalue weighted by Crippen LogP contribution is 2.47. The number of halogens is 1. The lowest BCUT2D eigenvalue weighted by Crippen LogP contribution is -2.45. The Morgan fingerprint density at radius 3 is 2.61 bits per heavy atom. The number of nitrogens with two attached hydrogens (primary N) is 1. The number of amides is 3. The molecule has 0 saturated carbocycles. The van der Waals surface area contributed by atoms with Gasteiger partial charge in [0.25, 0.3) is 0 Å². The first-order chi connectivity index (χ1) is 13.0. The van der Waals surface area contributed by atoms with Gasteiger partial charge in [0, 0.05) is 26.1 Å². The van der Waals surface area contributed by atoms with Gasteiger partial charge in [0.05, 0.1) is 16.0 Å². The fraction of sp³-hybridized carbons (Fsp3) is 0.842. The van der Waals surface area contributed by atoms with Crippen molar-refractivity contribution in [1.29, 1.82) is 0 Å². The SMILES string of the molecule is CC(C)(C)OC(=O)N1C[C@H](C2CC(Cl)SC2C(N)=O)C[C@H]1CN1CCCC1=O. The molecule has 3 amide bonds. The summed E-state index contributed by atoms with van der Waals surface area (Å²) in [5.74, 6) is -0.0572. The van der Waals surface area contributed by atoms with Crippen LogP contribution in [0, 0.1) is 11.8 Å². The van der Waals surface area contributed by atoms with Gasteiger partial charge in [0.15, 0.2) is 0 Å². The number of carbonyl (C=O) groups excluding carboxylic acids is 3. The third-order valence-electron chi connectivity index (χ3n) is 5.70. The van der Waals surface area contributed by atoms with E-state index in [2.05, 4.69) is 0 Å². The van der Waals surface area contributed by atoms with Gasteiger partial charge in [-0.1, -0.05) is 0 Å². The summed E-state index contributed by atoms with van der Waals surface area (Å²) in [4.78, 5) is 40.4. The predicted octanol–water partition coefficient (Wildman–Crippen LogP) is 2.41. The number of nitrogens with zero attached hydrogens (tertiary/aromatic N) is 2. The molecule has 0 aliphatic carbocycles. The van der Waals surface area contributed by atoms with Crippen LogP contribution in [0.2, 0.25) is 0 Å². The molecule has 3 unspecified atom stereocenters. The van der Waals surface area contributed by atoms with E-state index in [0.717, 1.165) is 19.4 Å².